The van der Waals surface area contributed by atoms with Gasteiger partial charge in [-0.2, -0.15) is 5.10 Å². The third kappa shape index (κ3) is 5.10. The van der Waals surface area contributed by atoms with Gasteiger partial charge >= 0.3 is 0 Å². The van der Waals surface area contributed by atoms with E-state index in [4.69, 9.17) is 27.9 Å². The summed E-state index contributed by atoms with van der Waals surface area (Å²) in [5.41, 5.74) is 2.42. The van der Waals surface area contributed by atoms with E-state index in [1.807, 2.05) is 19.9 Å². The van der Waals surface area contributed by atoms with Crippen LogP contribution in [0.5, 0.6) is 5.75 Å². The first kappa shape index (κ1) is 25.7. The fourth-order valence-corrected chi connectivity index (χ4v) is 6.52. The van der Waals surface area contributed by atoms with Crippen molar-refractivity contribution in [2.75, 3.05) is 23.5 Å². The number of benzene rings is 1. The van der Waals surface area contributed by atoms with E-state index < -0.39 is 21.8 Å². The Balaban J connectivity index is 1.35. The monoisotopic (exact) mass is 563 g/mol. The zero-order chi connectivity index (χ0) is 26.5. The number of hydrogen-bond acceptors (Lipinski definition) is 7. The molecule has 0 bridgehead atoms. The Morgan fingerprint density at radius 2 is 1.95 bits per heavy atom. The van der Waals surface area contributed by atoms with Gasteiger partial charge in [-0.05, 0) is 32.0 Å². The van der Waals surface area contributed by atoms with Gasteiger partial charge in [0, 0.05) is 65.9 Å². The number of H-pyrrole nitrogens is 1. The number of hydrogen-bond donors (Lipinski definition) is 1. The van der Waals surface area contributed by atoms with Crippen molar-refractivity contribution in [1.82, 2.24) is 20.2 Å². The average Bonchev–Trinajstić information content (AvgIpc) is 3.24. The molecular weight excluding hydrogens is 540 g/mol. The number of halogens is 3. The van der Waals surface area contributed by atoms with Crippen molar-refractivity contribution in [3.05, 3.63) is 64.3 Å². The first-order valence-electron chi connectivity index (χ1n) is 11.6. The molecule has 194 valence electrons. The van der Waals surface area contributed by atoms with E-state index in [9.17, 15) is 8.42 Å². The van der Waals surface area contributed by atoms with E-state index in [2.05, 4.69) is 20.2 Å². The molecule has 5 rings (SSSR count). The van der Waals surface area contributed by atoms with Gasteiger partial charge in [0.15, 0.2) is 11.6 Å². The van der Waals surface area contributed by atoms with Gasteiger partial charge in [-0.3, -0.25) is 10.1 Å². The minimum absolute atomic E-state index is 0.0455. The summed E-state index contributed by atoms with van der Waals surface area (Å²) >= 11 is 12.5. The van der Waals surface area contributed by atoms with Crippen LogP contribution in [0.3, 0.4) is 0 Å². The van der Waals surface area contributed by atoms with Crippen LogP contribution in [0, 0.1) is 11.7 Å². The molecule has 1 N–H and O–H groups in total. The summed E-state index contributed by atoms with van der Waals surface area (Å²) in [4.78, 5) is 10.1. The highest BCUT2D eigenvalue weighted by Gasteiger charge is 2.39. The first-order valence-corrected chi connectivity index (χ1v) is 14.4. The number of aromatic nitrogens is 4. The molecule has 1 aliphatic rings. The second-order valence-electron chi connectivity index (χ2n) is 9.33. The van der Waals surface area contributed by atoms with Crippen LogP contribution >= 0.6 is 23.2 Å². The van der Waals surface area contributed by atoms with Crippen molar-refractivity contribution in [3.63, 3.8) is 0 Å². The molecule has 1 aliphatic heterocycles. The Kier molecular flexibility index (Phi) is 6.76. The Morgan fingerprint density at radius 1 is 1.22 bits per heavy atom. The highest BCUT2D eigenvalue weighted by atomic mass is 35.5. The molecule has 12 heteroatoms. The predicted octanol–water partition coefficient (Wildman–Crippen LogP) is 5.48. The van der Waals surface area contributed by atoms with Crippen LogP contribution in [0.15, 0.2) is 42.9 Å². The van der Waals surface area contributed by atoms with Crippen LogP contribution < -0.4 is 9.64 Å². The number of nitrogens with zero attached hydrogens (tertiary/aromatic N) is 4. The Morgan fingerprint density at radius 3 is 2.59 bits per heavy atom. The lowest BCUT2D eigenvalue weighted by Gasteiger charge is -2.47. The number of aromatic amines is 1. The zero-order valence-corrected chi connectivity index (χ0v) is 22.6. The number of pyridine rings is 2. The van der Waals surface area contributed by atoms with Crippen LogP contribution in [0.25, 0.3) is 22.2 Å². The summed E-state index contributed by atoms with van der Waals surface area (Å²) in [6, 6.07) is 6.71. The van der Waals surface area contributed by atoms with Gasteiger partial charge in [0.25, 0.3) is 0 Å². The molecule has 0 saturated carbocycles. The maximum Gasteiger partial charge on any atom is 0.166 e. The van der Waals surface area contributed by atoms with Gasteiger partial charge in [-0.1, -0.05) is 23.2 Å². The number of ether oxygens (including phenoxy) is 1. The lowest BCUT2D eigenvalue weighted by atomic mass is 9.91. The summed E-state index contributed by atoms with van der Waals surface area (Å²) in [6.07, 6.45) is 5.40. The molecule has 3 aromatic heterocycles. The largest absolute Gasteiger partial charge is 0.486 e. The molecule has 3 atom stereocenters. The van der Waals surface area contributed by atoms with Crippen LogP contribution in [0.1, 0.15) is 25.5 Å². The summed E-state index contributed by atoms with van der Waals surface area (Å²) in [5.74, 6) is 0.332. The molecule has 0 unspecified atom stereocenters. The molecule has 0 radical (unpaired) electrons. The number of fused-ring (bicyclic) bond motifs is 1. The van der Waals surface area contributed by atoms with E-state index in [0.29, 0.717) is 44.7 Å². The SMILES string of the molecule is C[C@@H](Oc1ccc2c(-c3cnc(N4C[C@@H](CS(C)(=O)=O)[C@@H]4C)c(F)c3)n[nH]c2c1)c1c(Cl)cncc1Cl. The highest BCUT2D eigenvalue weighted by Crippen LogP contribution is 2.36. The lowest BCUT2D eigenvalue weighted by molar-refractivity contribution is 0.227. The quantitative estimate of drug-likeness (QED) is 0.318. The Hall–Kier alpha value is -2.95. The molecule has 1 fully saturated rings. The second kappa shape index (κ2) is 9.74. The molecule has 0 spiro atoms. The van der Waals surface area contributed by atoms with Crippen LogP contribution in [0.4, 0.5) is 10.2 Å². The number of sulfone groups is 1. The third-order valence-electron chi connectivity index (χ3n) is 6.63. The summed E-state index contributed by atoms with van der Waals surface area (Å²) in [5, 5.41) is 8.95. The van der Waals surface area contributed by atoms with Gasteiger partial charge in [0.1, 0.15) is 27.4 Å². The maximum atomic E-state index is 15.1. The van der Waals surface area contributed by atoms with Gasteiger partial charge in [-0.15, -0.1) is 0 Å². The van der Waals surface area contributed by atoms with Crippen molar-refractivity contribution in [3.8, 4) is 17.0 Å². The van der Waals surface area contributed by atoms with Crippen LogP contribution in [-0.4, -0.2) is 53.2 Å². The lowest BCUT2D eigenvalue weighted by Crippen LogP contribution is -2.57. The zero-order valence-electron chi connectivity index (χ0n) is 20.2. The molecule has 0 aliphatic carbocycles. The summed E-state index contributed by atoms with van der Waals surface area (Å²) < 4.78 is 44.3. The highest BCUT2D eigenvalue weighted by molar-refractivity contribution is 7.90. The molecule has 1 aromatic carbocycles. The molecule has 37 heavy (non-hydrogen) atoms. The second-order valence-corrected chi connectivity index (χ2v) is 12.3. The van der Waals surface area contributed by atoms with Crippen molar-refractivity contribution in [1.29, 1.82) is 0 Å². The third-order valence-corrected chi connectivity index (χ3v) is 8.27. The maximum absolute atomic E-state index is 15.1. The summed E-state index contributed by atoms with van der Waals surface area (Å²) in [6.45, 7) is 4.17. The van der Waals surface area contributed by atoms with Gasteiger partial charge in [0.2, 0.25) is 0 Å². The van der Waals surface area contributed by atoms with Gasteiger partial charge in [0.05, 0.1) is 21.3 Å². The molecule has 4 aromatic rings. The fraction of sp³-hybridized carbons (Fsp3) is 0.320. The molecule has 0 amide bonds. The minimum atomic E-state index is -3.09. The van der Waals surface area contributed by atoms with Crippen LogP contribution in [0.2, 0.25) is 10.0 Å². The summed E-state index contributed by atoms with van der Waals surface area (Å²) in [7, 11) is -3.09. The van der Waals surface area contributed by atoms with E-state index >= 15 is 4.39 Å². The Labute approximate surface area is 223 Å². The molecule has 8 nitrogen and oxygen atoms in total. The number of rotatable bonds is 7. The average molecular weight is 564 g/mol. The van der Waals surface area contributed by atoms with Crippen molar-refractivity contribution >= 4 is 49.8 Å². The van der Waals surface area contributed by atoms with Crippen molar-refractivity contribution in [2.45, 2.75) is 26.0 Å². The van der Waals surface area contributed by atoms with E-state index in [1.165, 1.54) is 24.7 Å². The standard InChI is InChI=1S/C25H24Cl2FN5O3S/c1-13-16(12-37(3,34)35)11-33(13)25-21(28)6-15(8-30-25)24-18-5-4-17(7-22(18)31-32-24)36-14(2)23-19(26)9-29-10-20(23)27/h4-10,13-14,16H,11-12H2,1-3H3,(H,31,32)/t13-,14+,16-/m0/s1. The van der Waals surface area contributed by atoms with Gasteiger partial charge in [-0.25, -0.2) is 17.8 Å². The number of anilines is 1. The van der Waals surface area contributed by atoms with E-state index in [0.717, 1.165) is 5.39 Å². The molecular formula is C25H24Cl2FN5O3S. The fourth-order valence-electron chi connectivity index (χ4n) is 4.68. The van der Waals surface area contributed by atoms with Crippen LogP contribution in [-0.2, 0) is 9.84 Å². The Bertz CT molecular complexity index is 1580. The molecule has 4 heterocycles. The number of nitrogens with one attached hydrogen (secondary N) is 1. The van der Waals surface area contributed by atoms with Gasteiger partial charge < -0.3 is 9.64 Å². The topological polar surface area (TPSA) is 101 Å². The van der Waals surface area contributed by atoms with E-state index in [-0.39, 0.29) is 23.5 Å². The predicted molar refractivity (Wildman–Crippen MR) is 143 cm³/mol. The smallest absolute Gasteiger partial charge is 0.166 e. The molecule has 1 saturated heterocycles. The van der Waals surface area contributed by atoms with Crippen molar-refractivity contribution in [2.24, 2.45) is 5.92 Å². The normalized spacial score (nSPS) is 18.6. The van der Waals surface area contributed by atoms with Crippen molar-refractivity contribution < 1.29 is 17.5 Å². The van der Waals surface area contributed by atoms with E-state index in [1.54, 1.807) is 23.2 Å². The minimum Gasteiger partial charge on any atom is -0.486 e. The first-order chi connectivity index (χ1) is 17.5.